The van der Waals surface area contributed by atoms with E-state index in [9.17, 15) is 9.59 Å². The molecule has 1 atom stereocenters. The Balaban J connectivity index is 1.70. The van der Waals surface area contributed by atoms with Crippen LogP contribution in [0.25, 0.3) is 11.1 Å². The summed E-state index contributed by atoms with van der Waals surface area (Å²) in [5, 5.41) is 5.99. The number of amides is 1. The first-order chi connectivity index (χ1) is 12.8. The van der Waals surface area contributed by atoms with Crippen LogP contribution in [-0.4, -0.2) is 35.0 Å². The maximum absolute atomic E-state index is 12.3. The van der Waals surface area contributed by atoms with Gasteiger partial charge in [0.15, 0.2) is 0 Å². The number of rotatable bonds is 4. The van der Waals surface area contributed by atoms with Crippen LogP contribution >= 0.6 is 0 Å². The lowest BCUT2D eigenvalue weighted by atomic mass is 10.0. The molecule has 2 aromatic rings. The molecule has 0 radical (unpaired) electrons. The summed E-state index contributed by atoms with van der Waals surface area (Å²) in [5.41, 5.74) is 1.67. The molecule has 1 aromatic carbocycles. The van der Waals surface area contributed by atoms with Gasteiger partial charge in [-0.05, 0) is 70.0 Å². The number of aromatic nitrogens is 1. The third-order valence-electron chi connectivity index (χ3n) is 4.22. The normalized spacial score (nSPS) is 16.8. The van der Waals surface area contributed by atoms with Crippen LogP contribution < -0.4 is 10.6 Å². The highest BCUT2D eigenvalue weighted by atomic mass is 16.6. The molecule has 6 nitrogen and oxygen atoms in total. The van der Waals surface area contributed by atoms with E-state index in [0.29, 0.717) is 11.4 Å². The highest BCUT2D eigenvalue weighted by Crippen LogP contribution is 2.22. The first kappa shape index (κ1) is 19.0. The molecule has 0 aliphatic carbocycles. The molecule has 0 bridgehead atoms. The van der Waals surface area contributed by atoms with Gasteiger partial charge in [0.2, 0.25) is 5.91 Å². The van der Waals surface area contributed by atoms with Crippen molar-refractivity contribution in [2.45, 2.75) is 45.3 Å². The van der Waals surface area contributed by atoms with Crippen LogP contribution in [0.15, 0.2) is 42.6 Å². The quantitative estimate of drug-likeness (QED) is 0.810. The number of benzene rings is 1. The average molecular weight is 367 g/mol. The maximum atomic E-state index is 12.3. The molecule has 0 saturated carbocycles. The number of hydrogen-bond acceptors (Lipinski definition) is 5. The highest BCUT2D eigenvalue weighted by Gasteiger charge is 2.22. The second-order valence-electron chi connectivity index (χ2n) is 7.65. The first-order valence-corrected chi connectivity index (χ1v) is 9.16. The Morgan fingerprint density at radius 2 is 2.00 bits per heavy atom. The predicted octanol–water partition coefficient (Wildman–Crippen LogP) is 3.39. The molecule has 6 heteroatoms. The predicted molar refractivity (Wildman–Crippen MR) is 104 cm³/mol. The summed E-state index contributed by atoms with van der Waals surface area (Å²) in [7, 11) is 0. The molecule has 142 valence electrons. The van der Waals surface area contributed by atoms with Crippen molar-refractivity contribution in [2.24, 2.45) is 0 Å². The van der Waals surface area contributed by atoms with E-state index < -0.39 is 5.60 Å². The largest absolute Gasteiger partial charge is 0.456 e. The van der Waals surface area contributed by atoms with Gasteiger partial charge >= 0.3 is 5.97 Å². The van der Waals surface area contributed by atoms with Gasteiger partial charge in [-0.1, -0.05) is 12.1 Å². The number of esters is 1. The van der Waals surface area contributed by atoms with Crippen molar-refractivity contribution in [1.29, 1.82) is 0 Å². The fraction of sp³-hybridized carbons (Fsp3) is 0.381. The lowest BCUT2D eigenvalue weighted by Crippen LogP contribution is -2.35. The number of nitrogens with zero attached hydrogens (tertiary/aromatic N) is 1. The fourth-order valence-corrected chi connectivity index (χ4v) is 2.92. The molecule has 1 amide bonds. The van der Waals surface area contributed by atoms with E-state index in [1.807, 2.05) is 39.0 Å². The zero-order valence-electron chi connectivity index (χ0n) is 15.9. The van der Waals surface area contributed by atoms with Gasteiger partial charge in [-0.25, -0.2) is 9.78 Å². The number of ether oxygens (including phenoxy) is 1. The Labute approximate surface area is 159 Å². The van der Waals surface area contributed by atoms with Gasteiger partial charge < -0.3 is 15.4 Å². The van der Waals surface area contributed by atoms with Crippen molar-refractivity contribution < 1.29 is 14.3 Å². The Kier molecular flexibility index (Phi) is 5.56. The zero-order chi connectivity index (χ0) is 19.4. The van der Waals surface area contributed by atoms with Crippen molar-refractivity contribution in [1.82, 2.24) is 10.3 Å². The summed E-state index contributed by atoms with van der Waals surface area (Å²) >= 11 is 0. The van der Waals surface area contributed by atoms with Gasteiger partial charge in [0.1, 0.15) is 11.4 Å². The van der Waals surface area contributed by atoms with Crippen molar-refractivity contribution in [2.75, 3.05) is 11.9 Å². The number of carbonyl (C=O) groups excluding carboxylic acids is 2. The van der Waals surface area contributed by atoms with Crippen LogP contribution in [0.5, 0.6) is 0 Å². The smallest absolute Gasteiger partial charge is 0.338 e. The van der Waals surface area contributed by atoms with Crippen LogP contribution in [-0.2, 0) is 9.53 Å². The van der Waals surface area contributed by atoms with E-state index in [1.165, 1.54) is 0 Å². The minimum atomic E-state index is -0.539. The Morgan fingerprint density at radius 3 is 2.63 bits per heavy atom. The topological polar surface area (TPSA) is 80.3 Å². The number of carbonyl (C=O) groups is 2. The molecule has 1 aliphatic heterocycles. The van der Waals surface area contributed by atoms with E-state index in [-0.39, 0.29) is 17.9 Å². The van der Waals surface area contributed by atoms with Crippen molar-refractivity contribution >= 4 is 17.7 Å². The maximum Gasteiger partial charge on any atom is 0.338 e. The van der Waals surface area contributed by atoms with Gasteiger partial charge in [-0.3, -0.25) is 4.79 Å². The molecule has 0 unspecified atom stereocenters. The highest BCUT2D eigenvalue weighted by molar-refractivity contribution is 5.94. The summed E-state index contributed by atoms with van der Waals surface area (Å²) in [6, 6.07) is 10.7. The number of pyridine rings is 1. The first-order valence-electron chi connectivity index (χ1n) is 9.16. The Morgan fingerprint density at radius 1 is 1.19 bits per heavy atom. The third-order valence-corrected chi connectivity index (χ3v) is 4.22. The van der Waals surface area contributed by atoms with E-state index >= 15 is 0 Å². The molecule has 2 N–H and O–H groups in total. The number of hydrogen-bond donors (Lipinski definition) is 2. The van der Waals surface area contributed by atoms with Crippen LogP contribution in [0, 0.1) is 0 Å². The summed E-state index contributed by atoms with van der Waals surface area (Å²) in [6.07, 6.45) is 3.55. The van der Waals surface area contributed by atoms with Crippen molar-refractivity contribution in [3.8, 4) is 11.1 Å². The molecule has 3 rings (SSSR count). The van der Waals surface area contributed by atoms with Crippen molar-refractivity contribution in [3.63, 3.8) is 0 Å². The zero-order valence-corrected chi connectivity index (χ0v) is 15.9. The lowest BCUT2D eigenvalue weighted by molar-refractivity contribution is -0.117. The minimum absolute atomic E-state index is 0.0559. The van der Waals surface area contributed by atoms with E-state index in [1.54, 1.807) is 24.4 Å². The lowest BCUT2D eigenvalue weighted by Gasteiger charge is -2.19. The Bertz CT molecular complexity index is 819. The van der Waals surface area contributed by atoms with Crippen LogP contribution in [0.1, 0.15) is 44.0 Å². The van der Waals surface area contributed by atoms with Gasteiger partial charge in [0, 0.05) is 11.8 Å². The van der Waals surface area contributed by atoms with Gasteiger partial charge in [-0.15, -0.1) is 0 Å². The van der Waals surface area contributed by atoms with Crippen LogP contribution in [0.3, 0.4) is 0 Å². The summed E-state index contributed by atoms with van der Waals surface area (Å²) < 4.78 is 5.42. The summed E-state index contributed by atoms with van der Waals surface area (Å²) in [5.74, 6) is 0.102. The molecule has 1 aromatic heterocycles. The minimum Gasteiger partial charge on any atom is -0.456 e. The average Bonchev–Trinajstić information content (AvgIpc) is 3.16. The van der Waals surface area contributed by atoms with E-state index in [2.05, 4.69) is 15.6 Å². The molecular weight excluding hydrogens is 342 g/mol. The van der Waals surface area contributed by atoms with Gasteiger partial charge in [-0.2, -0.15) is 0 Å². The summed E-state index contributed by atoms with van der Waals surface area (Å²) in [6.45, 7) is 6.39. The van der Waals surface area contributed by atoms with E-state index in [4.69, 9.17) is 4.74 Å². The summed E-state index contributed by atoms with van der Waals surface area (Å²) in [4.78, 5) is 28.7. The fourth-order valence-electron chi connectivity index (χ4n) is 2.92. The number of nitrogens with one attached hydrogen (secondary N) is 2. The molecular formula is C21H25N3O3. The standard InChI is InChI=1S/C21H25N3O3/c1-21(2,3)27-20(26)15-7-4-6-14(12-15)16-9-10-18(23-13-16)24-19(25)17-8-5-11-22-17/h4,6-7,9-10,12-13,17,22H,5,8,11H2,1-3H3,(H,23,24,25)/t17-/m1/s1. The SMILES string of the molecule is CC(C)(C)OC(=O)c1cccc(-c2ccc(NC(=O)[C@H]3CCCN3)nc2)c1. The van der Waals surface area contributed by atoms with E-state index in [0.717, 1.165) is 30.5 Å². The van der Waals surface area contributed by atoms with Gasteiger partial charge in [0.25, 0.3) is 0 Å². The van der Waals surface area contributed by atoms with Crippen LogP contribution in [0.4, 0.5) is 5.82 Å². The molecule has 2 heterocycles. The second-order valence-corrected chi connectivity index (χ2v) is 7.65. The molecule has 0 spiro atoms. The molecule has 1 fully saturated rings. The second kappa shape index (κ2) is 7.88. The molecule has 1 aliphatic rings. The van der Waals surface area contributed by atoms with Crippen molar-refractivity contribution in [3.05, 3.63) is 48.2 Å². The Hall–Kier alpha value is -2.73. The monoisotopic (exact) mass is 367 g/mol. The van der Waals surface area contributed by atoms with Crippen LogP contribution in [0.2, 0.25) is 0 Å². The third kappa shape index (κ3) is 5.14. The van der Waals surface area contributed by atoms with Gasteiger partial charge in [0.05, 0.1) is 11.6 Å². The number of anilines is 1. The molecule has 27 heavy (non-hydrogen) atoms. The molecule has 1 saturated heterocycles.